The molecule has 0 radical (unpaired) electrons. The van der Waals surface area contributed by atoms with E-state index in [1.54, 1.807) is 0 Å². The predicted octanol–water partition coefficient (Wildman–Crippen LogP) is 4.24. The van der Waals surface area contributed by atoms with E-state index in [0.29, 0.717) is 0 Å². The topological polar surface area (TPSA) is 29.3 Å². The number of hydrogen-bond donors (Lipinski definition) is 1. The van der Waals surface area contributed by atoms with Crippen molar-refractivity contribution in [1.82, 2.24) is 0 Å². The van der Waals surface area contributed by atoms with Gasteiger partial charge in [-0.2, -0.15) is 0 Å². The molecule has 0 aliphatic rings. The molecule has 1 atom stereocenters. The number of nitrogens with two attached hydrogens (primary N) is 1. The van der Waals surface area contributed by atoms with Crippen LogP contribution in [0.1, 0.15) is 18.5 Å². The summed E-state index contributed by atoms with van der Waals surface area (Å²) in [4.78, 5) is 2.15. The van der Waals surface area contributed by atoms with E-state index in [9.17, 15) is 0 Å². The van der Waals surface area contributed by atoms with Crippen molar-refractivity contribution in [2.24, 2.45) is 5.73 Å². The largest absolute Gasteiger partial charge is 0.344 e. The molecule has 0 bridgehead atoms. The molecule has 0 saturated carbocycles. The maximum atomic E-state index is 5.89. The normalized spacial score (nSPS) is 12.2. The van der Waals surface area contributed by atoms with Gasteiger partial charge in [-0.1, -0.05) is 24.3 Å². The lowest BCUT2D eigenvalue weighted by atomic mass is 10.1. The second-order valence-corrected chi connectivity index (χ2v) is 5.25. The van der Waals surface area contributed by atoms with Crippen molar-refractivity contribution in [3.05, 3.63) is 58.6 Å². The van der Waals surface area contributed by atoms with Crippen molar-refractivity contribution < 1.29 is 0 Å². The molecular weight excluding hydrogens is 288 g/mol. The Morgan fingerprint density at radius 2 is 1.78 bits per heavy atom. The third-order valence-corrected chi connectivity index (χ3v) is 3.64. The molecule has 2 N–H and O–H groups in total. The van der Waals surface area contributed by atoms with Crippen molar-refractivity contribution in [1.29, 1.82) is 0 Å². The first-order valence-corrected chi connectivity index (χ1v) is 6.72. The number of benzene rings is 2. The fourth-order valence-electron chi connectivity index (χ4n) is 1.87. The van der Waals surface area contributed by atoms with Gasteiger partial charge in [0.1, 0.15) is 0 Å². The van der Waals surface area contributed by atoms with Gasteiger partial charge in [-0.15, -0.1) is 0 Å². The highest BCUT2D eigenvalue weighted by Gasteiger charge is 2.09. The molecule has 2 nitrogen and oxygen atoms in total. The van der Waals surface area contributed by atoms with Gasteiger partial charge >= 0.3 is 0 Å². The van der Waals surface area contributed by atoms with Crippen molar-refractivity contribution >= 4 is 27.3 Å². The van der Waals surface area contributed by atoms with Crippen LogP contribution in [0, 0.1) is 0 Å². The Morgan fingerprint density at radius 1 is 1.11 bits per heavy atom. The molecule has 0 heterocycles. The lowest BCUT2D eigenvalue weighted by Gasteiger charge is -2.21. The van der Waals surface area contributed by atoms with Crippen LogP contribution in [0.15, 0.2) is 53.0 Å². The Balaban J connectivity index is 2.34. The minimum absolute atomic E-state index is 0.0531. The molecule has 3 heteroatoms. The molecule has 0 fully saturated rings. The monoisotopic (exact) mass is 304 g/mol. The Kier molecular flexibility index (Phi) is 4.04. The first kappa shape index (κ1) is 13.1. The molecule has 0 spiro atoms. The van der Waals surface area contributed by atoms with Crippen LogP contribution in [-0.4, -0.2) is 7.05 Å². The average Bonchev–Trinajstić information content (AvgIpc) is 2.38. The number of anilines is 2. The molecular formula is C15H17BrN2. The summed E-state index contributed by atoms with van der Waals surface area (Å²) in [5.41, 5.74) is 9.31. The van der Waals surface area contributed by atoms with E-state index in [1.165, 1.54) is 0 Å². The molecule has 0 aliphatic carbocycles. The van der Waals surface area contributed by atoms with Crippen molar-refractivity contribution in [3.8, 4) is 0 Å². The molecule has 0 aliphatic heterocycles. The van der Waals surface area contributed by atoms with Crippen LogP contribution in [0.25, 0.3) is 0 Å². The molecule has 0 aromatic heterocycles. The van der Waals surface area contributed by atoms with Crippen LogP contribution in [0.2, 0.25) is 0 Å². The van der Waals surface area contributed by atoms with Crippen LogP contribution >= 0.6 is 15.9 Å². The van der Waals surface area contributed by atoms with Crippen LogP contribution in [0.4, 0.5) is 11.4 Å². The van der Waals surface area contributed by atoms with Gasteiger partial charge in [-0.3, -0.25) is 0 Å². The number of hydrogen-bond acceptors (Lipinski definition) is 2. The van der Waals surface area contributed by atoms with Crippen LogP contribution < -0.4 is 10.6 Å². The van der Waals surface area contributed by atoms with Gasteiger partial charge < -0.3 is 10.6 Å². The summed E-state index contributed by atoms with van der Waals surface area (Å²) in [5, 5.41) is 0. The maximum absolute atomic E-state index is 5.89. The molecule has 0 saturated heterocycles. The van der Waals surface area contributed by atoms with Crippen LogP contribution in [-0.2, 0) is 0 Å². The smallest absolute Gasteiger partial charge is 0.0552 e. The van der Waals surface area contributed by atoms with Crippen molar-refractivity contribution in [3.63, 3.8) is 0 Å². The second-order valence-electron chi connectivity index (χ2n) is 4.39. The van der Waals surface area contributed by atoms with E-state index in [2.05, 4.69) is 58.2 Å². The summed E-state index contributed by atoms with van der Waals surface area (Å²) in [7, 11) is 2.06. The molecule has 94 valence electrons. The standard InChI is InChI=1S/C15H17BrN2/c1-11(17)12-8-9-15(14(16)10-12)18(2)13-6-4-3-5-7-13/h3-11H,17H2,1-2H3/t11-/m1/s1. The Hall–Kier alpha value is -1.32. The predicted molar refractivity (Wildman–Crippen MR) is 81.2 cm³/mol. The number of halogens is 1. The van der Waals surface area contributed by atoms with Gasteiger partial charge in [-0.05, 0) is 52.7 Å². The molecule has 2 rings (SSSR count). The van der Waals surface area contributed by atoms with E-state index in [1.807, 2.05) is 25.1 Å². The molecule has 0 unspecified atom stereocenters. The van der Waals surface area contributed by atoms with E-state index >= 15 is 0 Å². The van der Waals surface area contributed by atoms with E-state index < -0.39 is 0 Å². The Morgan fingerprint density at radius 3 is 2.33 bits per heavy atom. The fourth-order valence-corrected chi connectivity index (χ4v) is 2.53. The van der Waals surface area contributed by atoms with E-state index in [-0.39, 0.29) is 6.04 Å². The number of para-hydroxylation sites is 1. The third kappa shape index (κ3) is 2.74. The van der Waals surface area contributed by atoms with Gasteiger partial charge in [0, 0.05) is 23.2 Å². The quantitative estimate of drug-likeness (QED) is 0.919. The minimum atomic E-state index is 0.0531. The van der Waals surface area contributed by atoms with Crippen LogP contribution in [0.3, 0.4) is 0 Å². The second kappa shape index (κ2) is 5.55. The zero-order valence-electron chi connectivity index (χ0n) is 10.6. The van der Waals surface area contributed by atoms with E-state index in [4.69, 9.17) is 5.73 Å². The maximum Gasteiger partial charge on any atom is 0.0552 e. The van der Waals surface area contributed by atoms with E-state index in [0.717, 1.165) is 21.4 Å². The zero-order chi connectivity index (χ0) is 13.1. The summed E-state index contributed by atoms with van der Waals surface area (Å²) < 4.78 is 1.06. The van der Waals surface area contributed by atoms with Gasteiger partial charge in [0.15, 0.2) is 0 Å². The highest BCUT2D eigenvalue weighted by atomic mass is 79.9. The SMILES string of the molecule is C[C@@H](N)c1ccc(N(C)c2ccccc2)c(Br)c1. The summed E-state index contributed by atoms with van der Waals surface area (Å²) in [6.07, 6.45) is 0. The summed E-state index contributed by atoms with van der Waals surface area (Å²) in [6, 6.07) is 16.6. The molecule has 18 heavy (non-hydrogen) atoms. The summed E-state index contributed by atoms with van der Waals surface area (Å²) in [6.45, 7) is 1.99. The van der Waals surface area contributed by atoms with Crippen LogP contribution in [0.5, 0.6) is 0 Å². The molecule has 2 aromatic rings. The van der Waals surface area contributed by atoms with Gasteiger partial charge in [-0.25, -0.2) is 0 Å². The first-order valence-electron chi connectivity index (χ1n) is 5.93. The summed E-state index contributed by atoms with van der Waals surface area (Å²) >= 11 is 3.62. The van der Waals surface area contributed by atoms with Crippen molar-refractivity contribution in [2.45, 2.75) is 13.0 Å². The first-order chi connectivity index (χ1) is 8.59. The number of nitrogens with zero attached hydrogens (tertiary/aromatic N) is 1. The minimum Gasteiger partial charge on any atom is -0.344 e. The zero-order valence-corrected chi connectivity index (χ0v) is 12.2. The lowest BCUT2D eigenvalue weighted by molar-refractivity contribution is 0.817. The van der Waals surface area contributed by atoms with Gasteiger partial charge in [0.05, 0.1) is 5.69 Å². The Bertz CT molecular complexity index is 523. The van der Waals surface area contributed by atoms with Crippen molar-refractivity contribution in [2.75, 3.05) is 11.9 Å². The summed E-state index contributed by atoms with van der Waals surface area (Å²) in [5.74, 6) is 0. The highest BCUT2D eigenvalue weighted by Crippen LogP contribution is 2.32. The lowest BCUT2D eigenvalue weighted by Crippen LogP contribution is -2.11. The fraction of sp³-hybridized carbons (Fsp3) is 0.200. The van der Waals surface area contributed by atoms with Gasteiger partial charge in [0.25, 0.3) is 0 Å². The average molecular weight is 305 g/mol. The Labute approximate surface area is 117 Å². The number of rotatable bonds is 3. The third-order valence-electron chi connectivity index (χ3n) is 3.00. The highest BCUT2D eigenvalue weighted by molar-refractivity contribution is 9.10. The van der Waals surface area contributed by atoms with Gasteiger partial charge in [0.2, 0.25) is 0 Å². The molecule has 2 aromatic carbocycles. The molecule has 0 amide bonds.